The lowest BCUT2D eigenvalue weighted by Gasteiger charge is -2.33. The number of hydrogen-bond acceptors (Lipinski definition) is 2. The van der Waals surface area contributed by atoms with E-state index in [1.54, 1.807) is 12.1 Å². The second kappa shape index (κ2) is 5.76. The Balaban J connectivity index is 2.11. The monoisotopic (exact) mass is 268 g/mol. The fraction of sp³-hybridized carbons (Fsp3) is 0.600. The number of benzene rings is 1. The summed E-state index contributed by atoms with van der Waals surface area (Å²) in [5.41, 5.74) is 6.49. The second-order valence-corrected chi connectivity index (χ2v) is 5.76. The highest BCUT2D eigenvalue weighted by molar-refractivity contribution is 5.59. The molecule has 0 bridgehead atoms. The van der Waals surface area contributed by atoms with Crippen LogP contribution in [0.1, 0.15) is 45.1 Å². The maximum Gasteiger partial charge on any atom is 0.265 e. The molecular weight excluding hydrogens is 246 g/mol. The smallest absolute Gasteiger partial charge is 0.265 e. The topological polar surface area (TPSA) is 38.0 Å². The van der Waals surface area contributed by atoms with Crippen molar-refractivity contribution in [1.29, 1.82) is 0 Å². The van der Waals surface area contributed by atoms with Gasteiger partial charge in [0.1, 0.15) is 0 Å². The second-order valence-electron chi connectivity index (χ2n) is 5.76. The van der Waals surface area contributed by atoms with E-state index in [1.165, 1.54) is 6.07 Å². The molecule has 3 N–H and O–H groups in total. The third-order valence-electron chi connectivity index (χ3n) is 4.27. The molecule has 2 nitrogen and oxygen atoms in total. The van der Waals surface area contributed by atoms with E-state index in [2.05, 4.69) is 19.2 Å². The quantitative estimate of drug-likeness (QED) is 0.795. The van der Waals surface area contributed by atoms with Gasteiger partial charge in [0.25, 0.3) is 6.43 Å². The first kappa shape index (κ1) is 14.1. The van der Waals surface area contributed by atoms with Gasteiger partial charge in [0, 0.05) is 23.0 Å². The van der Waals surface area contributed by atoms with Crippen molar-refractivity contribution in [2.24, 2.45) is 11.8 Å². The van der Waals surface area contributed by atoms with Gasteiger partial charge in [-0.05, 0) is 49.3 Å². The van der Waals surface area contributed by atoms with E-state index in [1.807, 2.05) is 0 Å². The average molecular weight is 268 g/mol. The van der Waals surface area contributed by atoms with E-state index < -0.39 is 6.43 Å². The summed E-state index contributed by atoms with van der Waals surface area (Å²) in [7, 11) is 0. The number of nitrogens with one attached hydrogen (secondary N) is 1. The number of halogens is 2. The molecule has 1 saturated carbocycles. The number of nitrogens with two attached hydrogens (primary N) is 1. The van der Waals surface area contributed by atoms with Gasteiger partial charge in [0.15, 0.2) is 0 Å². The van der Waals surface area contributed by atoms with Crippen molar-refractivity contribution >= 4 is 11.4 Å². The van der Waals surface area contributed by atoms with Crippen LogP contribution in [0, 0.1) is 11.8 Å². The van der Waals surface area contributed by atoms with Crippen molar-refractivity contribution in [2.45, 2.75) is 45.6 Å². The van der Waals surface area contributed by atoms with Crippen LogP contribution < -0.4 is 11.1 Å². The highest BCUT2D eigenvalue weighted by atomic mass is 19.3. The number of nitrogen functional groups attached to an aromatic ring is 1. The lowest BCUT2D eigenvalue weighted by Crippen LogP contribution is -2.30. The van der Waals surface area contributed by atoms with Crippen molar-refractivity contribution in [1.82, 2.24) is 0 Å². The molecule has 3 unspecified atom stereocenters. The zero-order valence-corrected chi connectivity index (χ0v) is 11.5. The molecule has 106 valence electrons. The predicted octanol–water partition coefficient (Wildman–Crippen LogP) is 4.44. The lowest BCUT2D eigenvalue weighted by molar-refractivity contribution is 0.152. The van der Waals surface area contributed by atoms with Crippen molar-refractivity contribution in [2.75, 3.05) is 11.1 Å². The van der Waals surface area contributed by atoms with Gasteiger partial charge in [-0.25, -0.2) is 8.78 Å². The van der Waals surface area contributed by atoms with Crippen LogP contribution in [0.2, 0.25) is 0 Å². The van der Waals surface area contributed by atoms with Gasteiger partial charge in [-0.1, -0.05) is 13.8 Å². The fourth-order valence-electron chi connectivity index (χ4n) is 2.79. The summed E-state index contributed by atoms with van der Waals surface area (Å²) in [4.78, 5) is 0. The maximum atomic E-state index is 13.0. The molecule has 19 heavy (non-hydrogen) atoms. The van der Waals surface area contributed by atoms with Crippen molar-refractivity contribution in [3.63, 3.8) is 0 Å². The molecule has 0 heterocycles. The van der Waals surface area contributed by atoms with E-state index in [4.69, 9.17) is 5.73 Å². The Hall–Kier alpha value is -1.32. The van der Waals surface area contributed by atoms with Crippen LogP contribution >= 0.6 is 0 Å². The normalized spacial score (nSPS) is 27.5. The molecule has 4 heteroatoms. The van der Waals surface area contributed by atoms with Crippen LogP contribution in [-0.4, -0.2) is 6.04 Å². The third kappa shape index (κ3) is 3.37. The van der Waals surface area contributed by atoms with Gasteiger partial charge in [-0.15, -0.1) is 0 Å². The molecule has 0 aromatic heterocycles. The standard InChI is InChI=1S/C15H22F2N2/c1-9-3-5-12(7-10(9)2)19-14-6-4-11(18)8-13(14)15(16)17/h4,6,8-10,12,15,19H,3,5,7,18H2,1-2H3. The summed E-state index contributed by atoms with van der Waals surface area (Å²) in [5, 5.41) is 3.27. The summed E-state index contributed by atoms with van der Waals surface area (Å²) in [6, 6.07) is 4.98. The van der Waals surface area contributed by atoms with Crippen molar-refractivity contribution < 1.29 is 8.78 Å². The van der Waals surface area contributed by atoms with Crippen LogP contribution in [0.3, 0.4) is 0 Å². The molecule has 0 amide bonds. The van der Waals surface area contributed by atoms with Crippen LogP contribution in [0.4, 0.5) is 20.2 Å². The fourth-order valence-corrected chi connectivity index (χ4v) is 2.79. The number of alkyl halides is 2. The van der Waals surface area contributed by atoms with Gasteiger partial charge in [0.05, 0.1) is 0 Å². The lowest BCUT2D eigenvalue weighted by atomic mass is 9.79. The molecule has 0 spiro atoms. The minimum absolute atomic E-state index is 0.00581. The molecule has 0 radical (unpaired) electrons. The van der Waals surface area contributed by atoms with E-state index in [0.29, 0.717) is 17.3 Å². The molecule has 0 saturated heterocycles. The zero-order valence-electron chi connectivity index (χ0n) is 11.5. The molecule has 1 aromatic rings. The highest BCUT2D eigenvalue weighted by Crippen LogP contribution is 2.34. The first-order valence-electron chi connectivity index (χ1n) is 6.91. The van der Waals surface area contributed by atoms with Gasteiger partial charge < -0.3 is 11.1 Å². The molecule has 1 fully saturated rings. The van der Waals surface area contributed by atoms with Gasteiger partial charge in [-0.3, -0.25) is 0 Å². The van der Waals surface area contributed by atoms with Gasteiger partial charge in [-0.2, -0.15) is 0 Å². The third-order valence-corrected chi connectivity index (χ3v) is 4.27. The Bertz CT molecular complexity index is 434. The predicted molar refractivity (Wildman–Crippen MR) is 75.4 cm³/mol. The van der Waals surface area contributed by atoms with E-state index in [0.717, 1.165) is 25.2 Å². The zero-order chi connectivity index (χ0) is 14.0. The van der Waals surface area contributed by atoms with E-state index in [-0.39, 0.29) is 11.6 Å². The minimum atomic E-state index is -2.49. The SMILES string of the molecule is CC1CCC(Nc2ccc(N)cc2C(F)F)CC1C. The van der Waals surface area contributed by atoms with Crippen molar-refractivity contribution in [3.05, 3.63) is 23.8 Å². The first-order chi connectivity index (χ1) is 8.97. The molecule has 0 aliphatic heterocycles. The van der Waals surface area contributed by atoms with Crippen LogP contribution in [0.5, 0.6) is 0 Å². The summed E-state index contributed by atoms with van der Waals surface area (Å²) in [6.45, 7) is 4.49. The molecule has 2 rings (SSSR count). The van der Waals surface area contributed by atoms with Gasteiger partial charge >= 0.3 is 0 Å². The summed E-state index contributed by atoms with van der Waals surface area (Å²) in [5.74, 6) is 1.36. The van der Waals surface area contributed by atoms with Crippen LogP contribution in [0.25, 0.3) is 0 Å². The first-order valence-corrected chi connectivity index (χ1v) is 6.91. The summed E-state index contributed by atoms with van der Waals surface area (Å²) < 4.78 is 26.0. The number of hydrogen-bond donors (Lipinski definition) is 2. The molecule has 1 aliphatic carbocycles. The number of anilines is 2. The summed E-state index contributed by atoms with van der Waals surface area (Å²) >= 11 is 0. The molecular formula is C15H22F2N2. The Morgan fingerprint density at radius 2 is 1.95 bits per heavy atom. The maximum absolute atomic E-state index is 13.0. The Morgan fingerprint density at radius 3 is 2.58 bits per heavy atom. The Kier molecular flexibility index (Phi) is 4.27. The van der Waals surface area contributed by atoms with E-state index in [9.17, 15) is 8.78 Å². The van der Waals surface area contributed by atoms with E-state index >= 15 is 0 Å². The largest absolute Gasteiger partial charge is 0.399 e. The average Bonchev–Trinajstić information content (AvgIpc) is 2.36. The molecule has 3 atom stereocenters. The van der Waals surface area contributed by atoms with Gasteiger partial charge in [0.2, 0.25) is 0 Å². The van der Waals surface area contributed by atoms with Crippen molar-refractivity contribution in [3.8, 4) is 0 Å². The molecule has 1 aliphatic rings. The molecule has 1 aromatic carbocycles. The Labute approximate surface area is 113 Å². The minimum Gasteiger partial charge on any atom is -0.399 e. The highest BCUT2D eigenvalue weighted by Gasteiger charge is 2.25. The van der Waals surface area contributed by atoms with Crippen LogP contribution in [0.15, 0.2) is 18.2 Å². The number of rotatable bonds is 3. The Morgan fingerprint density at radius 1 is 1.21 bits per heavy atom. The van der Waals surface area contributed by atoms with Crippen LogP contribution in [-0.2, 0) is 0 Å². The summed E-state index contributed by atoms with van der Waals surface area (Å²) in [6.07, 6.45) is 0.732.